The van der Waals surface area contributed by atoms with Gasteiger partial charge in [-0.1, -0.05) is 36.1 Å². The Bertz CT molecular complexity index is 1150. The number of amides is 2. The lowest BCUT2D eigenvalue weighted by molar-refractivity contribution is -0.115. The highest BCUT2D eigenvalue weighted by atomic mass is 16.7. The zero-order valence-electron chi connectivity index (χ0n) is 16.0. The zero-order valence-corrected chi connectivity index (χ0v) is 16.0. The number of benzene rings is 3. The van der Waals surface area contributed by atoms with Crippen molar-refractivity contribution in [2.75, 3.05) is 18.7 Å². The van der Waals surface area contributed by atoms with Crippen molar-refractivity contribution < 1.29 is 19.1 Å². The third-order valence-electron chi connectivity index (χ3n) is 4.32. The summed E-state index contributed by atoms with van der Waals surface area (Å²) >= 11 is 0. The first-order chi connectivity index (χ1) is 14.7. The standard InChI is InChI=1S/C24H18N2O4/c27-23(15-25-24(28)19-11-12-21-22(14-19)30-16-29-21)26-20-8-4-7-18(13-20)10-9-17-5-2-1-3-6-17/h1-8,11-14H,15-16H2,(H,25,28)(H,26,27). The topological polar surface area (TPSA) is 76.7 Å². The predicted octanol–water partition coefficient (Wildman–Crippen LogP) is 3.18. The molecule has 0 saturated heterocycles. The third-order valence-corrected chi connectivity index (χ3v) is 4.32. The minimum Gasteiger partial charge on any atom is -0.454 e. The van der Waals surface area contributed by atoms with Crippen LogP contribution >= 0.6 is 0 Å². The van der Waals surface area contributed by atoms with Crippen molar-refractivity contribution in [2.24, 2.45) is 0 Å². The number of rotatable bonds is 4. The van der Waals surface area contributed by atoms with Crippen molar-refractivity contribution in [1.29, 1.82) is 0 Å². The van der Waals surface area contributed by atoms with Gasteiger partial charge in [-0.3, -0.25) is 9.59 Å². The average molecular weight is 398 g/mol. The molecule has 0 atom stereocenters. The molecule has 30 heavy (non-hydrogen) atoms. The van der Waals surface area contributed by atoms with Crippen molar-refractivity contribution in [3.63, 3.8) is 0 Å². The smallest absolute Gasteiger partial charge is 0.251 e. The lowest BCUT2D eigenvalue weighted by Crippen LogP contribution is -2.32. The summed E-state index contributed by atoms with van der Waals surface area (Å²) in [6, 6.07) is 21.8. The molecular formula is C24H18N2O4. The molecule has 1 heterocycles. The first-order valence-electron chi connectivity index (χ1n) is 9.32. The summed E-state index contributed by atoms with van der Waals surface area (Å²) in [6.07, 6.45) is 0. The fourth-order valence-electron chi connectivity index (χ4n) is 2.85. The first kappa shape index (κ1) is 19.1. The molecule has 0 fully saturated rings. The molecule has 6 nitrogen and oxygen atoms in total. The molecule has 0 radical (unpaired) electrons. The van der Waals surface area contributed by atoms with Crippen LogP contribution in [0.25, 0.3) is 0 Å². The van der Waals surface area contributed by atoms with Crippen LogP contribution < -0.4 is 20.1 Å². The van der Waals surface area contributed by atoms with E-state index in [2.05, 4.69) is 22.5 Å². The third kappa shape index (κ3) is 4.78. The maximum absolute atomic E-state index is 12.3. The Morgan fingerprint density at radius 2 is 1.60 bits per heavy atom. The summed E-state index contributed by atoms with van der Waals surface area (Å²) in [5, 5.41) is 5.36. The van der Waals surface area contributed by atoms with Gasteiger partial charge in [-0.05, 0) is 48.5 Å². The van der Waals surface area contributed by atoms with Crippen LogP contribution in [0.5, 0.6) is 11.5 Å². The van der Waals surface area contributed by atoms with E-state index in [1.54, 1.807) is 30.3 Å². The van der Waals surface area contributed by atoms with E-state index in [0.717, 1.165) is 11.1 Å². The Labute approximate surface area is 173 Å². The predicted molar refractivity (Wildman–Crippen MR) is 112 cm³/mol. The normalized spacial score (nSPS) is 11.2. The van der Waals surface area contributed by atoms with Crippen LogP contribution in [0.4, 0.5) is 5.69 Å². The van der Waals surface area contributed by atoms with Crippen LogP contribution in [0.1, 0.15) is 21.5 Å². The molecule has 3 aromatic carbocycles. The summed E-state index contributed by atoms with van der Waals surface area (Å²) in [5.41, 5.74) is 2.70. The number of anilines is 1. The average Bonchev–Trinajstić information content (AvgIpc) is 3.25. The van der Waals surface area contributed by atoms with Crippen LogP contribution in [0.15, 0.2) is 72.8 Å². The van der Waals surface area contributed by atoms with E-state index in [9.17, 15) is 9.59 Å². The van der Waals surface area contributed by atoms with Gasteiger partial charge < -0.3 is 20.1 Å². The van der Waals surface area contributed by atoms with E-state index in [4.69, 9.17) is 9.47 Å². The molecule has 2 N–H and O–H groups in total. The second-order valence-electron chi connectivity index (χ2n) is 6.50. The van der Waals surface area contributed by atoms with E-state index in [1.807, 2.05) is 42.5 Å². The minimum absolute atomic E-state index is 0.137. The molecule has 0 spiro atoms. The van der Waals surface area contributed by atoms with E-state index < -0.39 is 0 Å². The largest absolute Gasteiger partial charge is 0.454 e. The Balaban J connectivity index is 1.33. The summed E-state index contributed by atoms with van der Waals surface area (Å²) in [4.78, 5) is 24.5. The molecule has 0 bridgehead atoms. The van der Waals surface area contributed by atoms with Crippen LogP contribution in [-0.4, -0.2) is 25.2 Å². The van der Waals surface area contributed by atoms with E-state index >= 15 is 0 Å². The number of carbonyl (C=O) groups is 2. The number of fused-ring (bicyclic) bond motifs is 1. The molecule has 2 amide bonds. The van der Waals surface area contributed by atoms with Crippen LogP contribution in [0.2, 0.25) is 0 Å². The van der Waals surface area contributed by atoms with Gasteiger partial charge in [0.05, 0.1) is 6.54 Å². The Morgan fingerprint density at radius 1 is 0.833 bits per heavy atom. The Morgan fingerprint density at radius 3 is 2.47 bits per heavy atom. The number of hydrogen-bond donors (Lipinski definition) is 2. The second-order valence-corrected chi connectivity index (χ2v) is 6.50. The van der Waals surface area contributed by atoms with E-state index in [-0.39, 0.29) is 25.2 Å². The minimum atomic E-state index is -0.370. The van der Waals surface area contributed by atoms with Gasteiger partial charge in [0.15, 0.2) is 11.5 Å². The van der Waals surface area contributed by atoms with E-state index in [0.29, 0.717) is 22.7 Å². The monoisotopic (exact) mass is 398 g/mol. The van der Waals surface area contributed by atoms with Crippen molar-refractivity contribution >= 4 is 17.5 Å². The summed E-state index contributed by atoms with van der Waals surface area (Å²) in [6.45, 7) is -0.0230. The first-order valence-corrected chi connectivity index (χ1v) is 9.32. The van der Waals surface area contributed by atoms with Gasteiger partial charge in [0.25, 0.3) is 5.91 Å². The fraction of sp³-hybridized carbons (Fsp3) is 0.0833. The van der Waals surface area contributed by atoms with Gasteiger partial charge >= 0.3 is 0 Å². The number of hydrogen-bond acceptors (Lipinski definition) is 4. The summed E-state index contributed by atoms with van der Waals surface area (Å²) < 4.78 is 10.5. The maximum Gasteiger partial charge on any atom is 0.251 e. The molecule has 0 saturated carbocycles. The molecule has 3 aromatic rings. The van der Waals surface area contributed by atoms with Gasteiger partial charge in [0.1, 0.15) is 0 Å². The zero-order chi connectivity index (χ0) is 20.8. The Kier molecular flexibility index (Phi) is 5.63. The molecule has 148 valence electrons. The summed E-state index contributed by atoms with van der Waals surface area (Å²) in [7, 11) is 0. The van der Waals surface area contributed by atoms with Crippen LogP contribution in [0.3, 0.4) is 0 Å². The molecule has 1 aliphatic heterocycles. The second kappa shape index (κ2) is 8.84. The molecule has 0 aromatic heterocycles. The van der Waals surface area contributed by atoms with Gasteiger partial charge in [0, 0.05) is 22.4 Å². The maximum atomic E-state index is 12.3. The van der Waals surface area contributed by atoms with Crippen molar-refractivity contribution in [2.45, 2.75) is 0 Å². The SMILES string of the molecule is O=C(CNC(=O)c1ccc2c(c1)OCO2)Nc1cccc(C#Cc2ccccc2)c1. The number of carbonyl (C=O) groups excluding carboxylic acids is 2. The number of ether oxygens (including phenoxy) is 2. The molecule has 6 heteroatoms. The summed E-state index contributed by atoms with van der Waals surface area (Å²) in [5.74, 6) is 6.56. The van der Waals surface area contributed by atoms with Gasteiger partial charge in [-0.2, -0.15) is 0 Å². The molecule has 0 aliphatic carbocycles. The van der Waals surface area contributed by atoms with E-state index in [1.165, 1.54) is 0 Å². The van der Waals surface area contributed by atoms with Gasteiger partial charge in [-0.25, -0.2) is 0 Å². The molecule has 0 unspecified atom stereocenters. The molecule has 1 aliphatic rings. The lowest BCUT2D eigenvalue weighted by atomic mass is 10.1. The van der Waals surface area contributed by atoms with Crippen LogP contribution in [0, 0.1) is 11.8 Å². The quantitative estimate of drug-likeness (QED) is 0.662. The van der Waals surface area contributed by atoms with Gasteiger partial charge in [0.2, 0.25) is 12.7 Å². The Hall–Kier alpha value is -4.24. The van der Waals surface area contributed by atoms with Crippen molar-refractivity contribution in [1.82, 2.24) is 5.32 Å². The highest BCUT2D eigenvalue weighted by Gasteiger charge is 2.16. The van der Waals surface area contributed by atoms with Gasteiger partial charge in [-0.15, -0.1) is 0 Å². The lowest BCUT2D eigenvalue weighted by Gasteiger charge is -2.08. The molecule has 4 rings (SSSR count). The molecular weight excluding hydrogens is 380 g/mol. The van der Waals surface area contributed by atoms with Crippen molar-refractivity contribution in [3.05, 3.63) is 89.5 Å². The van der Waals surface area contributed by atoms with Crippen molar-refractivity contribution in [3.8, 4) is 23.3 Å². The van der Waals surface area contributed by atoms with Crippen LogP contribution in [-0.2, 0) is 4.79 Å². The number of nitrogens with one attached hydrogen (secondary N) is 2. The fourth-order valence-corrected chi connectivity index (χ4v) is 2.85. The highest BCUT2D eigenvalue weighted by molar-refractivity contribution is 5.99. The highest BCUT2D eigenvalue weighted by Crippen LogP contribution is 2.32.